The van der Waals surface area contributed by atoms with Crippen molar-refractivity contribution in [1.29, 1.82) is 0 Å². The summed E-state index contributed by atoms with van der Waals surface area (Å²) in [5, 5.41) is 2.25. The molecule has 0 aliphatic rings. The molecule has 2 N–H and O–H groups in total. The maximum absolute atomic E-state index is 12.9. The molecule has 1 aromatic carbocycles. The van der Waals surface area contributed by atoms with Gasteiger partial charge in [0.15, 0.2) is 17.5 Å². The smallest absolute Gasteiger partial charge is 0.258 e. The summed E-state index contributed by atoms with van der Waals surface area (Å²) in [5.41, 5.74) is -0.335. The number of anilines is 1. The highest BCUT2D eigenvalue weighted by atomic mass is 19.2. The SMILES string of the molecule is O=C(Nc1ncc[nH]1)c1cc(F)c(F)c(F)c1. The Bertz CT molecular complexity index is 531. The zero-order valence-corrected chi connectivity index (χ0v) is 8.30. The quantitative estimate of drug-likeness (QED) is 0.791. The molecule has 0 radical (unpaired) electrons. The van der Waals surface area contributed by atoms with E-state index in [0.717, 1.165) is 0 Å². The van der Waals surface area contributed by atoms with Gasteiger partial charge in [-0.25, -0.2) is 18.2 Å². The van der Waals surface area contributed by atoms with E-state index >= 15 is 0 Å². The first-order valence-electron chi connectivity index (χ1n) is 4.53. The zero-order chi connectivity index (χ0) is 12.4. The lowest BCUT2D eigenvalue weighted by Gasteiger charge is -2.03. The van der Waals surface area contributed by atoms with E-state index in [9.17, 15) is 18.0 Å². The number of imidazole rings is 1. The molecule has 0 saturated heterocycles. The van der Waals surface area contributed by atoms with Gasteiger partial charge in [0.05, 0.1) is 0 Å². The third-order valence-corrected chi connectivity index (χ3v) is 1.98. The molecule has 0 aliphatic heterocycles. The Kier molecular flexibility index (Phi) is 2.82. The first kappa shape index (κ1) is 11.2. The highest BCUT2D eigenvalue weighted by Gasteiger charge is 2.15. The van der Waals surface area contributed by atoms with E-state index in [1.165, 1.54) is 12.4 Å². The fraction of sp³-hybridized carbons (Fsp3) is 0. The Morgan fingerprint density at radius 1 is 1.24 bits per heavy atom. The summed E-state index contributed by atoms with van der Waals surface area (Å²) >= 11 is 0. The van der Waals surface area contributed by atoms with E-state index in [1.54, 1.807) is 0 Å². The minimum Gasteiger partial charge on any atom is -0.331 e. The van der Waals surface area contributed by atoms with Crippen molar-refractivity contribution in [3.8, 4) is 0 Å². The molecule has 0 aliphatic carbocycles. The maximum Gasteiger partial charge on any atom is 0.258 e. The molecule has 0 fully saturated rings. The Morgan fingerprint density at radius 2 is 1.88 bits per heavy atom. The Morgan fingerprint density at radius 3 is 2.41 bits per heavy atom. The zero-order valence-electron chi connectivity index (χ0n) is 8.30. The molecule has 1 heterocycles. The molecule has 1 aromatic heterocycles. The Balaban J connectivity index is 2.26. The first-order valence-corrected chi connectivity index (χ1v) is 4.53. The number of hydrogen-bond donors (Lipinski definition) is 2. The molecule has 0 bridgehead atoms. The average molecular weight is 241 g/mol. The van der Waals surface area contributed by atoms with Crippen molar-refractivity contribution in [3.05, 3.63) is 47.5 Å². The van der Waals surface area contributed by atoms with Crippen LogP contribution >= 0.6 is 0 Å². The van der Waals surface area contributed by atoms with E-state index in [0.29, 0.717) is 12.1 Å². The van der Waals surface area contributed by atoms with Crippen LogP contribution < -0.4 is 5.32 Å². The number of carbonyl (C=O) groups excluding carboxylic acids is 1. The van der Waals surface area contributed by atoms with Gasteiger partial charge < -0.3 is 4.98 Å². The summed E-state index contributed by atoms with van der Waals surface area (Å²) < 4.78 is 38.4. The number of hydrogen-bond acceptors (Lipinski definition) is 2. The molecule has 2 aromatic rings. The fourth-order valence-corrected chi connectivity index (χ4v) is 1.20. The third kappa shape index (κ3) is 2.27. The number of H-pyrrole nitrogens is 1. The number of carbonyl (C=O) groups is 1. The van der Waals surface area contributed by atoms with Crippen LogP contribution in [0.4, 0.5) is 19.1 Å². The highest BCUT2D eigenvalue weighted by Crippen LogP contribution is 2.14. The van der Waals surface area contributed by atoms with Crippen LogP contribution in [0.15, 0.2) is 24.5 Å². The van der Waals surface area contributed by atoms with Gasteiger partial charge in [0.1, 0.15) is 0 Å². The number of rotatable bonds is 2. The van der Waals surface area contributed by atoms with E-state index in [-0.39, 0.29) is 11.5 Å². The maximum atomic E-state index is 12.9. The van der Waals surface area contributed by atoms with Crippen molar-refractivity contribution >= 4 is 11.9 Å². The van der Waals surface area contributed by atoms with Crippen LogP contribution in [-0.4, -0.2) is 15.9 Å². The normalized spacial score (nSPS) is 10.3. The molecule has 0 atom stereocenters. The lowest BCUT2D eigenvalue weighted by molar-refractivity contribution is 0.102. The molecule has 7 heteroatoms. The summed E-state index contributed by atoms with van der Waals surface area (Å²) in [5.74, 6) is -5.12. The van der Waals surface area contributed by atoms with Crippen molar-refractivity contribution in [2.45, 2.75) is 0 Å². The average Bonchev–Trinajstić information content (AvgIpc) is 2.77. The van der Waals surface area contributed by atoms with Crippen molar-refractivity contribution in [3.63, 3.8) is 0 Å². The van der Waals surface area contributed by atoms with Crippen LogP contribution in [0.1, 0.15) is 10.4 Å². The highest BCUT2D eigenvalue weighted by molar-refractivity contribution is 6.03. The number of nitrogens with one attached hydrogen (secondary N) is 2. The minimum absolute atomic E-state index is 0.125. The van der Waals surface area contributed by atoms with Crippen LogP contribution in [0.25, 0.3) is 0 Å². The Hall–Kier alpha value is -2.31. The second-order valence-corrected chi connectivity index (χ2v) is 3.15. The Labute approximate surface area is 93.5 Å². The largest absolute Gasteiger partial charge is 0.331 e. The van der Waals surface area contributed by atoms with Crippen LogP contribution in [0, 0.1) is 17.5 Å². The van der Waals surface area contributed by atoms with Gasteiger partial charge in [0.2, 0.25) is 5.95 Å². The molecule has 1 amide bonds. The van der Waals surface area contributed by atoms with Crippen molar-refractivity contribution in [2.75, 3.05) is 5.32 Å². The molecule has 0 saturated carbocycles. The van der Waals surface area contributed by atoms with Crippen LogP contribution in [-0.2, 0) is 0 Å². The number of halogens is 3. The van der Waals surface area contributed by atoms with Crippen LogP contribution in [0.2, 0.25) is 0 Å². The molecular weight excluding hydrogens is 235 g/mol. The van der Waals surface area contributed by atoms with Gasteiger partial charge in [-0.3, -0.25) is 10.1 Å². The van der Waals surface area contributed by atoms with Crippen LogP contribution in [0.5, 0.6) is 0 Å². The summed E-state index contributed by atoms with van der Waals surface area (Å²) in [6.45, 7) is 0. The molecular formula is C10H6F3N3O. The molecule has 88 valence electrons. The van der Waals surface area contributed by atoms with Gasteiger partial charge in [0.25, 0.3) is 5.91 Å². The molecule has 0 spiro atoms. The number of aromatic nitrogens is 2. The summed E-state index contributed by atoms with van der Waals surface area (Å²) in [7, 11) is 0. The predicted molar refractivity (Wildman–Crippen MR) is 52.9 cm³/mol. The van der Waals surface area contributed by atoms with Gasteiger partial charge >= 0.3 is 0 Å². The second-order valence-electron chi connectivity index (χ2n) is 3.15. The minimum atomic E-state index is -1.61. The lowest BCUT2D eigenvalue weighted by Crippen LogP contribution is -2.14. The lowest BCUT2D eigenvalue weighted by atomic mass is 10.2. The van der Waals surface area contributed by atoms with Crippen molar-refractivity contribution < 1.29 is 18.0 Å². The van der Waals surface area contributed by atoms with Gasteiger partial charge in [-0.15, -0.1) is 0 Å². The molecule has 4 nitrogen and oxygen atoms in total. The van der Waals surface area contributed by atoms with E-state index in [4.69, 9.17) is 0 Å². The number of amides is 1. The van der Waals surface area contributed by atoms with Gasteiger partial charge in [0, 0.05) is 18.0 Å². The predicted octanol–water partition coefficient (Wildman–Crippen LogP) is 2.08. The molecule has 0 unspecified atom stereocenters. The van der Waals surface area contributed by atoms with E-state index < -0.39 is 23.4 Å². The van der Waals surface area contributed by atoms with Gasteiger partial charge in [-0.05, 0) is 12.1 Å². The van der Waals surface area contributed by atoms with Crippen molar-refractivity contribution in [1.82, 2.24) is 9.97 Å². The number of benzene rings is 1. The number of nitrogens with zero attached hydrogens (tertiary/aromatic N) is 1. The topological polar surface area (TPSA) is 57.8 Å². The monoisotopic (exact) mass is 241 g/mol. The standard InChI is InChI=1S/C10H6F3N3O/c11-6-3-5(4-7(12)8(6)13)9(17)16-10-14-1-2-15-10/h1-4H,(H2,14,15,16,17). The second kappa shape index (κ2) is 4.28. The fourth-order valence-electron chi connectivity index (χ4n) is 1.20. The molecule has 17 heavy (non-hydrogen) atoms. The van der Waals surface area contributed by atoms with E-state index in [2.05, 4.69) is 15.3 Å². The molecule has 2 rings (SSSR count). The first-order chi connectivity index (χ1) is 8.08. The number of aromatic amines is 1. The van der Waals surface area contributed by atoms with Crippen molar-refractivity contribution in [2.24, 2.45) is 0 Å². The van der Waals surface area contributed by atoms with Gasteiger partial charge in [-0.2, -0.15) is 0 Å². The van der Waals surface area contributed by atoms with Gasteiger partial charge in [-0.1, -0.05) is 0 Å². The summed E-state index contributed by atoms with van der Waals surface area (Å²) in [4.78, 5) is 17.8. The third-order valence-electron chi connectivity index (χ3n) is 1.98. The summed E-state index contributed by atoms with van der Waals surface area (Å²) in [6, 6.07) is 1.22. The summed E-state index contributed by atoms with van der Waals surface area (Å²) in [6.07, 6.45) is 2.85. The van der Waals surface area contributed by atoms with E-state index in [1.807, 2.05) is 0 Å². The van der Waals surface area contributed by atoms with Crippen LogP contribution in [0.3, 0.4) is 0 Å².